The first-order valence-corrected chi connectivity index (χ1v) is 12.0. The minimum absolute atomic E-state index is 0.0254. The highest BCUT2D eigenvalue weighted by Gasteiger charge is 2.63. The van der Waals surface area contributed by atoms with E-state index in [9.17, 15) is 9.90 Å². The molecular formula is C26H38O4. The number of methoxy groups -OCH3 is 1. The average Bonchev–Trinajstić information content (AvgIpc) is 3.08. The van der Waals surface area contributed by atoms with Crippen molar-refractivity contribution in [2.45, 2.75) is 90.1 Å². The summed E-state index contributed by atoms with van der Waals surface area (Å²) in [5.41, 5.74) is 1.16. The number of aliphatic hydroxyl groups is 1. The standard InChI is InChI=1S/C26H38O4/c1-24-13-11-17(29-4)15-16(24)5-6-18-19-7-8-21(25(19,2)14-12-20(18)24)26(3)22(27)9-10-23(28)30-26/h5,9-10,17-21,23,28H,6-8,11-15H2,1-4H3/t17-,18-,19-,20-,21-,23?,24-,25-,26+/m0/s1. The van der Waals surface area contributed by atoms with E-state index in [0.29, 0.717) is 23.4 Å². The SMILES string of the molecule is CO[C@H]1CC[C@@]2(C)C(=CC[C@H]3[C@@H]4CC[C@H]([C@@]5(C)OC(O)C=CC5=O)[C@@]4(C)CC[C@@H]32)C1. The van der Waals surface area contributed by atoms with E-state index in [-0.39, 0.29) is 17.1 Å². The Bertz CT molecular complexity index is 786. The zero-order chi connectivity index (χ0) is 21.3. The van der Waals surface area contributed by atoms with Crippen LogP contribution in [-0.4, -0.2) is 36.0 Å². The maximum Gasteiger partial charge on any atom is 0.187 e. The van der Waals surface area contributed by atoms with Gasteiger partial charge in [-0.25, -0.2) is 0 Å². The van der Waals surface area contributed by atoms with E-state index in [4.69, 9.17) is 9.47 Å². The zero-order valence-corrected chi connectivity index (χ0v) is 19.0. The number of hydrogen-bond acceptors (Lipinski definition) is 4. The molecular weight excluding hydrogens is 376 g/mol. The van der Waals surface area contributed by atoms with Crippen LogP contribution in [0.25, 0.3) is 0 Å². The number of hydrogen-bond donors (Lipinski definition) is 1. The number of fused-ring (bicyclic) bond motifs is 5. The highest BCUT2D eigenvalue weighted by atomic mass is 16.6. The first kappa shape index (κ1) is 20.9. The average molecular weight is 415 g/mol. The molecule has 1 aliphatic heterocycles. The first-order chi connectivity index (χ1) is 14.2. The molecule has 5 rings (SSSR count). The van der Waals surface area contributed by atoms with Gasteiger partial charge in [-0.2, -0.15) is 0 Å². The maximum absolute atomic E-state index is 12.9. The van der Waals surface area contributed by atoms with Gasteiger partial charge in [-0.3, -0.25) is 4.79 Å². The molecule has 0 bridgehead atoms. The Labute approximate surface area is 181 Å². The van der Waals surface area contributed by atoms with Gasteiger partial charge in [-0.1, -0.05) is 25.5 Å². The minimum Gasteiger partial charge on any atom is -0.381 e. The summed E-state index contributed by atoms with van der Waals surface area (Å²) in [4.78, 5) is 12.9. The third kappa shape index (κ3) is 2.79. The maximum atomic E-state index is 12.9. The van der Waals surface area contributed by atoms with Crippen molar-refractivity contribution in [1.29, 1.82) is 0 Å². The van der Waals surface area contributed by atoms with Crippen molar-refractivity contribution >= 4 is 5.78 Å². The largest absolute Gasteiger partial charge is 0.381 e. The fourth-order valence-corrected chi connectivity index (χ4v) is 8.67. The number of rotatable bonds is 2. The Morgan fingerprint density at radius 3 is 2.67 bits per heavy atom. The van der Waals surface area contributed by atoms with E-state index >= 15 is 0 Å². The van der Waals surface area contributed by atoms with Crippen molar-refractivity contribution in [3.63, 3.8) is 0 Å². The molecule has 4 heteroatoms. The van der Waals surface area contributed by atoms with Crippen molar-refractivity contribution in [3.8, 4) is 0 Å². The van der Waals surface area contributed by atoms with Crippen molar-refractivity contribution in [2.75, 3.05) is 7.11 Å². The van der Waals surface area contributed by atoms with Gasteiger partial charge < -0.3 is 14.6 Å². The molecule has 0 amide bonds. The van der Waals surface area contributed by atoms with Gasteiger partial charge in [0.2, 0.25) is 0 Å². The van der Waals surface area contributed by atoms with Crippen molar-refractivity contribution in [3.05, 3.63) is 23.8 Å². The summed E-state index contributed by atoms with van der Waals surface area (Å²) in [6.07, 6.45) is 14.3. The predicted molar refractivity (Wildman–Crippen MR) is 116 cm³/mol. The Hall–Kier alpha value is -0.970. The van der Waals surface area contributed by atoms with E-state index in [1.165, 1.54) is 38.2 Å². The van der Waals surface area contributed by atoms with Crippen LogP contribution in [-0.2, 0) is 14.3 Å². The Morgan fingerprint density at radius 1 is 1.10 bits per heavy atom. The molecule has 166 valence electrons. The normalized spacial score (nSPS) is 53.0. The van der Waals surface area contributed by atoms with Gasteiger partial charge in [0.1, 0.15) is 5.60 Å². The quantitative estimate of drug-likeness (QED) is 0.659. The molecule has 0 aromatic carbocycles. The Kier molecular flexibility index (Phi) is 4.89. The molecule has 1 heterocycles. The lowest BCUT2D eigenvalue weighted by Crippen LogP contribution is -2.57. The summed E-state index contributed by atoms with van der Waals surface area (Å²) < 4.78 is 11.6. The molecule has 1 N–H and O–H groups in total. The topological polar surface area (TPSA) is 55.8 Å². The number of ether oxygens (including phenoxy) is 2. The van der Waals surface area contributed by atoms with E-state index in [2.05, 4.69) is 19.9 Å². The monoisotopic (exact) mass is 414 g/mol. The second-order valence-electron chi connectivity index (χ2n) is 11.4. The smallest absolute Gasteiger partial charge is 0.187 e. The summed E-state index contributed by atoms with van der Waals surface area (Å²) in [5.74, 6) is 2.27. The predicted octanol–water partition coefficient (Wildman–Crippen LogP) is 4.81. The minimum atomic E-state index is -0.971. The molecule has 3 saturated carbocycles. The van der Waals surface area contributed by atoms with Gasteiger partial charge in [-0.15, -0.1) is 0 Å². The molecule has 30 heavy (non-hydrogen) atoms. The second kappa shape index (κ2) is 7.02. The van der Waals surface area contributed by atoms with Crippen LogP contribution in [0.3, 0.4) is 0 Å². The van der Waals surface area contributed by atoms with Crippen LogP contribution in [0, 0.1) is 34.5 Å². The third-order valence-corrected chi connectivity index (χ3v) is 10.3. The molecule has 0 radical (unpaired) electrons. The Morgan fingerprint density at radius 2 is 1.90 bits per heavy atom. The van der Waals surface area contributed by atoms with Gasteiger partial charge in [0.15, 0.2) is 12.1 Å². The summed E-state index contributed by atoms with van der Waals surface area (Å²) in [7, 11) is 1.85. The molecule has 0 saturated heterocycles. The van der Waals surface area contributed by atoms with Gasteiger partial charge in [0.05, 0.1) is 6.10 Å². The lowest BCUT2D eigenvalue weighted by atomic mass is 9.46. The van der Waals surface area contributed by atoms with Gasteiger partial charge >= 0.3 is 0 Å². The second-order valence-corrected chi connectivity index (χ2v) is 11.4. The molecule has 1 unspecified atom stereocenters. The fourth-order valence-electron chi connectivity index (χ4n) is 8.67. The molecule has 0 spiro atoms. The molecule has 4 nitrogen and oxygen atoms in total. The van der Waals surface area contributed by atoms with Gasteiger partial charge in [0, 0.05) is 13.0 Å². The van der Waals surface area contributed by atoms with Crippen LogP contribution >= 0.6 is 0 Å². The van der Waals surface area contributed by atoms with Crippen molar-refractivity contribution in [2.24, 2.45) is 34.5 Å². The third-order valence-electron chi connectivity index (χ3n) is 10.3. The molecule has 5 aliphatic rings. The van der Waals surface area contributed by atoms with E-state index in [0.717, 1.165) is 25.2 Å². The number of aliphatic hydroxyl groups excluding tert-OH is 1. The number of allylic oxidation sites excluding steroid dienone is 1. The number of carbonyl (C=O) groups excluding carboxylic acids is 1. The zero-order valence-electron chi connectivity index (χ0n) is 19.0. The lowest BCUT2D eigenvalue weighted by molar-refractivity contribution is -0.203. The van der Waals surface area contributed by atoms with Gasteiger partial charge in [0.25, 0.3) is 0 Å². The van der Waals surface area contributed by atoms with E-state index in [1.807, 2.05) is 14.0 Å². The van der Waals surface area contributed by atoms with Crippen LogP contribution < -0.4 is 0 Å². The van der Waals surface area contributed by atoms with Gasteiger partial charge in [-0.05, 0) is 99.0 Å². The fraction of sp³-hybridized carbons (Fsp3) is 0.808. The van der Waals surface area contributed by atoms with Crippen molar-refractivity contribution in [1.82, 2.24) is 0 Å². The summed E-state index contributed by atoms with van der Waals surface area (Å²) in [5, 5.41) is 10.1. The summed E-state index contributed by atoms with van der Waals surface area (Å²) in [6.45, 7) is 6.87. The van der Waals surface area contributed by atoms with Crippen molar-refractivity contribution < 1.29 is 19.4 Å². The van der Waals surface area contributed by atoms with Crippen LogP contribution in [0.5, 0.6) is 0 Å². The van der Waals surface area contributed by atoms with E-state index in [1.54, 1.807) is 11.6 Å². The lowest BCUT2D eigenvalue weighted by Gasteiger charge is -2.59. The van der Waals surface area contributed by atoms with Crippen LogP contribution in [0.4, 0.5) is 0 Å². The highest BCUT2D eigenvalue weighted by Crippen LogP contribution is 2.68. The summed E-state index contributed by atoms with van der Waals surface area (Å²) in [6, 6.07) is 0. The highest BCUT2D eigenvalue weighted by molar-refractivity contribution is 5.97. The molecule has 9 atom stereocenters. The van der Waals surface area contributed by atoms with E-state index < -0.39 is 11.9 Å². The van der Waals surface area contributed by atoms with Crippen LogP contribution in [0.15, 0.2) is 23.8 Å². The first-order valence-electron chi connectivity index (χ1n) is 12.0. The number of carbonyl (C=O) groups is 1. The molecule has 3 fully saturated rings. The number of ketones is 1. The van der Waals surface area contributed by atoms with Crippen LogP contribution in [0.1, 0.15) is 72.1 Å². The Balaban J connectivity index is 1.44. The summed E-state index contributed by atoms with van der Waals surface area (Å²) >= 11 is 0. The molecule has 0 aromatic rings. The molecule has 4 aliphatic carbocycles. The molecule has 0 aromatic heterocycles. The van der Waals surface area contributed by atoms with Crippen LogP contribution in [0.2, 0.25) is 0 Å².